The van der Waals surface area contributed by atoms with Gasteiger partial charge in [0, 0.05) is 10.9 Å². The Bertz CT molecular complexity index is 1180. The van der Waals surface area contributed by atoms with Gasteiger partial charge < -0.3 is 0 Å². The van der Waals surface area contributed by atoms with Crippen molar-refractivity contribution in [3.8, 4) is 11.5 Å². The lowest BCUT2D eigenvalue weighted by Crippen LogP contribution is -2.20. The maximum Gasteiger partial charge on any atom is 0.262 e. The van der Waals surface area contributed by atoms with Crippen LogP contribution < -0.4 is 5.56 Å². The number of para-hydroxylation sites is 2. The summed E-state index contributed by atoms with van der Waals surface area (Å²) in [6.45, 7) is 0.417. The summed E-state index contributed by atoms with van der Waals surface area (Å²) < 4.78 is 15.6. The molecule has 1 aliphatic rings. The summed E-state index contributed by atoms with van der Waals surface area (Å²) in [5.74, 6) is 0.140. The van der Waals surface area contributed by atoms with Crippen molar-refractivity contribution in [3.05, 3.63) is 70.3 Å². The highest BCUT2D eigenvalue weighted by molar-refractivity contribution is 5.85. The van der Waals surface area contributed by atoms with Gasteiger partial charge in [-0.15, -0.1) is 0 Å². The first kappa shape index (κ1) is 12.5. The molecule has 4 nitrogen and oxygen atoms in total. The lowest BCUT2D eigenvalue weighted by molar-refractivity contribution is 0.637. The first-order chi connectivity index (χ1) is 11.2. The lowest BCUT2D eigenvalue weighted by Gasteiger charge is -2.04. The van der Waals surface area contributed by atoms with Crippen LogP contribution in [-0.2, 0) is 6.54 Å². The van der Waals surface area contributed by atoms with Crippen molar-refractivity contribution in [3.63, 3.8) is 0 Å². The third-order valence-electron chi connectivity index (χ3n) is 4.28. The Hall–Kier alpha value is -3.08. The molecule has 2 aromatic heterocycles. The molecule has 0 N–H and O–H groups in total. The van der Waals surface area contributed by atoms with Crippen LogP contribution in [0.4, 0.5) is 4.39 Å². The fourth-order valence-electron chi connectivity index (χ4n) is 3.19. The van der Waals surface area contributed by atoms with E-state index in [2.05, 4.69) is 9.97 Å². The van der Waals surface area contributed by atoms with Crippen LogP contribution in [-0.4, -0.2) is 14.5 Å². The molecule has 0 bridgehead atoms. The number of pyridine rings is 1. The number of halogens is 1. The van der Waals surface area contributed by atoms with E-state index in [4.69, 9.17) is 0 Å². The minimum Gasteiger partial charge on any atom is -0.286 e. The Kier molecular flexibility index (Phi) is 2.29. The van der Waals surface area contributed by atoms with Crippen molar-refractivity contribution in [1.29, 1.82) is 0 Å². The van der Waals surface area contributed by atoms with E-state index in [0.717, 1.165) is 10.9 Å². The predicted octanol–water partition coefficient (Wildman–Crippen LogP) is 3.11. The zero-order valence-corrected chi connectivity index (χ0v) is 12.0. The van der Waals surface area contributed by atoms with Crippen molar-refractivity contribution in [2.45, 2.75) is 6.54 Å². The van der Waals surface area contributed by atoms with Crippen LogP contribution in [0.5, 0.6) is 0 Å². The van der Waals surface area contributed by atoms with Gasteiger partial charge in [0.05, 0.1) is 17.4 Å². The third-order valence-corrected chi connectivity index (χ3v) is 4.28. The fraction of sp³-hybridized carbons (Fsp3) is 0.0556. The fourth-order valence-corrected chi connectivity index (χ4v) is 3.19. The molecule has 0 radical (unpaired) electrons. The summed E-state index contributed by atoms with van der Waals surface area (Å²) in [7, 11) is 0. The molecule has 110 valence electrons. The molecule has 5 rings (SSSR count). The van der Waals surface area contributed by atoms with Crippen molar-refractivity contribution in [2.75, 3.05) is 0 Å². The minimum atomic E-state index is -0.369. The van der Waals surface area contributed by atoms with Gasteiger partial charge in [-0.3, -0.25) is 9.36 Å². The van der Waals surface area contributed by atoms with Crippen LogP contribution in [0.25, 0.3) is 33.3 Å². The van der Waals surface area contributed by atoms with Gasteiger partial charge in [-0.05, 0) is 24.3 Å². The van der Waals surface area contributed by atoms with Crippen molar-refractivity contribution in [1.82, 2.24) is 14.5 Å². The number of aromatic nitrogens is 3. The van der Waals surface area contributed by atoms with Crippen molar-refractivity contribution in [2.24, 2.45) is 0 Å². The third kappa shape index (κ3) is 1.61. The van der Waals surface area contributed by atoms with E-state index in [1.807, 2.05) is 24.3 Å². The second-order valence-electron chi connectivity index (χ2n) is 5.65. The van der Waals surface area contributed by atoms with Crippen LogP contribution in [0.2, 0.25) is 0 Å². The predicted molar refractivity (Wildman–Crippen MR) is 85.8 cm³/mol. The molecule has 4 aromatic rings. The van der Waals surface area contributed by atoms with Gasteiger partial charge in [0.25, 0.3) is 5.56 Å². The molecule has 0 spiro atoms. The highest BCUT2D eigenvalue weighted by atomic mass is 19.1. The molecule has 0 atom stereocenters. The smallest absolute Gasteiger partial charge is 0.262 e. The summed E-state index contributed by atoms with van der Waals surface area (Å²) >= 11 is 0. The van der Waals surface area contributed by atoms with Crippen LogP contribution in [0.1, 0.15) is 5.56 Å². The SMILES string of the molecule is O=c1c2ccccc2nc2n1Cc1cc3cccc(F)c3nc1-2. The molecular formula is C18H10FN3O. The van der Waals surface area contributed by atoms with Gasteiger partial charge in [0.15, 0.2) is 5.82 Å². The lowest BCUT2D eigenvalue weighted by atomic mass is 10.1. The zero-order valence-electron chi connectivity index (χ0n) is 12.0. The molecule has 0 saturated heterocycles. The highest BCUT2D eigenvalue weighted by Gasteiger charge is 2.24. The van der Waals surface area contributed by atoms with Crippen LogP contribution in [0.15, 0.2) is 53.3 Å². The largest absolute Gasteiger partial charge is 0.286 e. The van der Waals surface area contributed by atoms with E-state index in [1.165, 1.54) is 6.07 Å². The monoisotopic (exact) mass is 303 g/mol. The average molecular weight is 303 g/mol. The molecule has 0 amide bonds. The van der Waals surface area contributed by atoms with Gasteiger partial charge in [0.2, 0.25) is 0 Å². The number of fused-ring (bicyclic) bond motifs is 5. The van der Waals surface area contributed by atoms with Crippen LogP contribution >= 0.6 is 0 Å². The van der Waals surface area contributed by atoms with Gasteiger partial charge in [-0.2, -0.15) is 0 Å². The second-order valence-corrected chi connectivity index (χ2v) is 5.65. The topological polar surface area (TPSA) is 47.8 Å². The molecule has 23 heavy (non-hydrogen) atoms. The maximum absolute atomic E-state index is 14.0. The molecule has 0 fully saturated rings. The van der Waals surface area contributed by atoms with Crippen molar-refractivity contribution >= 4 is 21.8 Å². The van der Waals surface area contributed by atoms with E-state index in [1.54, 1.807) is 22.8 Å². The summed E-state index contributed by atoms with van der Waals surface area (Å²) in [6.07, 6.45) is 0. The molecule has 2 aromatic carbocycles. The highest BCUT2D eigenvalue weighted by Crippen LogP contribution is 2.31. The maximum atomic E-state index is 14.0. The van der Waals surface area contributed by atoms with Gasteiger partial charge in [-0.25, -0.2) is 14.4 Å². The Balaban J connectivity index is 1.90. The minimum absolute atomic E-state index is 0.0897. The number of nitrogens with zero attached hydrogens (tertiary/aromatic N) is 3. The van der Waals surface area contributed by atoms with E-state index >= 15 is 0 Å². The van der Waals surface area contributed by atoms with Crippen LogP contribution in [0, 0.1) is 5.82 Å². The summed E-state index contributed by atoms with van der Waals surface area (Å²) in [4.78, 5) is 21.7. The molecule has 1 aliphatic heterocycles. The van der Waals surface area contributed by atoms with E-state index in [9.17, 15) is 9.18 Å². The number of rotatable bonds is 0. The Labute approximate surface area is 129 Å². The molecule has 0 saturated carbocycles. The molecule has 0 aliphatic carbocycles. The molecule has 5 heteroatoms. The summed E-state index contributed by atoms with van der Waals surface area (Å²) in [5, 5.41) is 1.31. The molecule has 0 unspecified atom stereocenters. The summed E-state index contributed by atoms with van der Waals surface area (Å²) in [5.41, 5.74) is 2.33. The summed E-state index contributed by atoms with van der Waals surface area (Å²) in [6, 6.07) is 14.0. The first-order valence-electron chi connectivity index (χ1n) is 7.30. The van der Waals surface area contributed by atoms with Crippen molar-refractivity contribution < 1.29 is 4.39 Å². The first-order valence-corrected chi connectivity index (χ1v) is 7.30. The average Bonchev–Trinajstić information content (AvgIpc) is 2.92. The Morgan fingerprint density at radius 2 is 1.91 bits per heavy atom. The normalized spacial score (nSPS) is 12.6. The standard InChI is InChI=1S/C18H10FN3O/c19-13-6-3-4-10-8-11-9-22-17(16(11)21-15(10)13)20-14-7-2-1-5-12(14)18(22)23/h1-8H,9H2. The van der Waals surface area contributed by atoms with E-state index in [-0.39, 0.29) is 11.4 Å². The number of hydrogen-bond donors (Lipinski definition) is 0. The zero-order chi connectivity index (χ0) is 15.6. The van der Waals surface area contributed by atoms with Gasteiger partial charge in [0.1, 0.15) is 17.0 Å². The molecular weight excluding hydrogens is 293 g/mol. The Morgan fingerprint density at radius 1 is 1.04 bits per heavy atom. The Morgan fingerprint density at radius 3 is 2.83 bits per heavy atom. The second kappa shape index (κ2) is 4.23. The molecule has 3 heterocycles. The van der Waals surface area contributed by atoms with Gasteiger partial charge >= 0.3 is 0 Å². The van der Waals surface area contributed by atoms with E-state index < -0.39 is 0 Å². The van der Waals surface area contributed by atoms with Gasteiger partial charge in [-0.1, -0.05) is 24.3 Å². The van der Waals surface area contributed by atoms with E-state index in [0.29, 0.717) is 34.5 Å². The number of benzene rings is 2. The number of hydrogen-bond acceptors (Lipinski definition) is 3. The quantitative estimate of drug-likeness (QED) is 0.441. The van der Waals surface area contributed by atoms with Crippen LogP contribution in [0.3, 0.4) is 0 Å².